The molecule has 0 bridgehead atoms. The number of nitrogens with zero attached hydrogens (tertiary/aromatic N) is 5. The summed E-state index contributed by atoms with van der Waals surface area (Å²) in [6.45, 7) is 7.42. The lowest BCUT2D eigenvalue weighted by Gasteiger charge is -2.40. The van der Waals surface area contributed by atoms with Gasteiger partial charge in [-0.15, -0.1) is 0 Å². The molecule has 1 atom stereocenters. The fourth-order valence-corrected chi connectivity index (χ4v) is 4.18. The number of hydrogen-bond donors (Lipinski definition) is 0. The Bertz CT molecular complexity index is 855. The number of fused-ring (bicyclic) bond motifs is 1. The number of para-hydroxylation sites is 1. The van der Waals surface area contributed by atoms with Crippen LogP contribution in [0.3, 0.4) is 0 Å². The van der Waals surface area contributed by atoms with E-state index in [0.717, 1.165) is 24.6 Å². The molecule has 3 heterocycles. The van der Waals surface area contributed by atoms with Gasteiger partial charge in [0.05, 0.1) is 12.2 Å². The largest absolute Gasteiger partial charge is 0.368 e. The van der Waals surface area contributed by atoms with Crippen molar-refractivity contribution >= 4 is 23.3 Å². The van der Waals surface area contributed by atoms with Crippen LogP contribution >= 0.6 is 0 Å². The van der Waals surface area contributed by atoms with Crippen molar-refractivity contribution in [3.05, 3.63) is 42.1 Å². The molecule has 0 aliphatic carbocycles. The van der Waals surface area contributed by atoms with Gasteiger partial charge in [0.1, 0.15) is 11.9 Å². The van der Waals surface area contributed by atoms with Crippen LogP contribution in [0.1, 0.15) is 25.5 Å². The molecule has 2 aliphatic rings. The average molecular weight is 381 g/mol. The van der Waals surface area contributed by atoms with Gasteiger partial charge in [-0.1, -0.05) is 25.1 Å². The third kappa shape index (κ3) is 3.37. The van der Waals surface area contributed by atoms with Crippen LogP contribution < -0.4 is 9.80 Å². The van der Waals surface area contributed by atoms with Gasteiger partial charge in [-0.3, -0.25) is 14.5 Å². The molecule has 28 heavy (non-hydrogen) atoms. The van der Waals surface area contributed by atoms with E-state index in [9.17, 15) is 9.59 Å². The van der Waals surface area contributed by atoms with E-state index in [1.54, 1.807) is 4.90 Å². The maximum Gasteiger partial charge on any atom is 0.245 e. The first-order valence-corrected chi connectivity index (χ1v) is 10.0. The molecule has 148 valence electrons. The Morgan fingerprint density at radius 2 is 1.82 bits per heavy atom. The Balaban J connectivity index is 1.49. The maximum absolute atomic E-state index is 13.3. The van der Waals surface area contributed by atoms with Gasteiger partial charge in [0.2, 0.25) is 11.8 Å². The van der Waals surface area contributed by atoms with Gasteiger partial charge in [-0.2, -0.15) is 5.10 Å². The summed E-state index contributed by atoms with van der Waals surface area (Å²) in [5, 5.41) is 4.46. The van der Waals surface area contributed by atoms with Crippen LogP contribution in [0.5, 0.6) is 0 Å². The summed E-state index contributed by atoms with van der Waals surface area (Å²) in [4.78, 5) is 31.9. The van der Waals surface area contributed by atoms with Crippen molar-refractivity contribution < 1.29 is 9.59 Å². The predicted octanol–water partition coefficient (Wildman–Crippen LogP) is 2.06. The normalized spacial score (nSPS) is 18.2. The van der Waals surface area contributed by atoms with Gasteiger partial charge >= 0.3 is 0 Å². The molecule has 0 unspecified atom stereocenters. The molecule has 0 saturated carbocycles. The Hall–Kier alpha value is -2.83. The van der Waals surface area contributed by atoms with Crippen LogP contribution in [0.15, 0.2) is 36.4 Å². The third-order valence-corrected chi connectivity index (χ3v) is 5.63. The number of aromatic nitrogens is 2. The number of benzene rings is 1. The fourth-order valence-electron chi connectivity index (χ4n) is 4.18. The summed E-state index contributed by atoms with van der Waals surface area (Å²) in [6, 6.07) is 11.7. The average Bonchev–Trinajstić information content (AvgIpc) is 3.11. The highest BCUT2D eigenvalue weighted by atomic mass is 16.2. The van der Waals surface area contributed by atoms with Crippen LogP contribution in [-0.2, 0) is 16.1 Å². The fraction of sp³-hybridized carbons (Fsp3) is 0.476. The summed E-state index contributed by atoms with van der Waals surface area (Å²) >= 11 is 0. The highest BCUT2D eigenvalue weighted by molar-refractivity contribution is 6.01. The zero-order valence-corrected chi connectivity index (χ0v) is 16.5. The first kappa shape index (κ1) is 18.5. The van der Waals surface area contributed by atoms with Crippen molar-refractivity contribution in [2.45, 2.75) is 39.3 Å². The number of rotatable bonds is 4. The summed E-state index contributed by atoms with van der Waals surface area (Å²) in [5.41, 5.74) is 2.06. The number of amides is 2. The van der Waals surface area contributed by atoms with Crippen LogP contribution in [0.25, 0.3) is 0 Å². The van der Waals surface area contributed by atoms with Gasteiger partial charge in [-0.05, 0) is 25.5 Å². The lowest BCUT2D eigenvalue weighted by atomic mass is 10.1. The van der Waals surface area contributed by atoms with E-state index in [2.05, 4.69) is 22.1 Å². The zero-order chi connectivity index (χ0) is 19.7. The molecule has 4 rings (SSSR count). The smallest absolute Gasteiger partial charge is 0.245 e. The molecule has 1 fully saturated rings. The molecule has 7 heteroatoms. The Morgan fingerprint density at radius 1 is 1.11 bits per heavy atom. The van der Waals surface area contributed by atoms with Crippen molar-refractivity contribution in [1.29, 1.82) is 0 Å². The van der Waals surface area contributed by atoms with E-state index < -0.39 is 6.04 Å². The second-order valence-electron chi connectivity index (χ2n) is 7.45. The summed E-state index contributed by atoms with van der Waals surface area (Å²) in [5.74, 6) is 0.795. The van der Waals surface area contributed by atoms with Gasteiger partial charge in [-0.25, -0.2) is 4.68 Å². The molecule has 1 saturated heterocycles. The topological polar surface area (TPSA) is 61.7 Å². The lowest BCUT2D eigenvalue weighted by Crippen LogP contribution is -2.57. The van der Waals surface area contributed by atoms with E-state index >= 15 is 0 Å². The summed E-state index contributed by atoms with van der Waals surface area (Å²) < 4.78 is 1.85. The molecule has 1 aromatic heterocycles. The van der Waals surface area contributed by atoms with Gasteiger partial charge in [0.25, 0.3) is 0 Å². The SMILES string of the molecule is CC[C@@H](C(=O)N1CCN(c2ccccc2)CC1)N1C(=O)CCn2nc(C)cc21. The lowest BCUT2D eigenvalue weighted by molar-refractivity contribution is -0.135. The molecule has 1 aromatic carbocycles. The van der Waals surface area contributed by atoms with Crippen LogP contribution in [0.4, 0.5) is 11.5 Å². The number of carbonyl (C=O) groups excluding carboxylic acids is 2. The molecule has 2 aliphatic heterocycles. The third-order valence-electron chi connectivity index (χ3n) is 5.63. The minimum Gasteiger partial charge on any atom is -0.368 e. The standard InChI is InChI=1S/C21H27N5O2/c1-3-18(26-19-15-16(2)22-25(19)10-9-20(26)27)21(28)24-13-11-23(12-14-24)17-7-5-4-6-8-17/h4-8,15,18H,3,9-14H2,1-2H3/t18-/m0/s1. The Morgan fingerprint density at radius 3 is 2.50 bits per heavy atom. The molecule has 0 N–H and O–H groups in total. The van der Waals surface area contributed by atoms with Gasteiger partial charge < -0.3 is 9.80 Å². The Kier molecular flexibility index (Phi) is 5.07. The van der Waals surface area contributed by atoms with Crippen LogP contribution in [-0.4, -0.2) is 58.7 Å². The van der Waals surface area contributed by atoms with Crippen molar-refractivity contribution in [2.24, 2.45) is 0 Å². The minimum absolute atomic E-state index is 0.00974. The second kappa shape index (κ2) is 7.66. The second-order valence-corrected chi connectivity index (χ2v) is 7.45. The van der Waals surface area contributed by atoms with Crippen molar-refractivity contribution in [1.82, 2.24) is 14.7 Å². The number of hydrogen-bond acceptors (Lipinski definition) is 4. The molecule has 0 radical (unpaired) electrons. The molecule has 0 spiro atoms. The number of aryl methyl sites for hydroxylation is 2. The van der Waals surface area contributed by atoms with E-state index in [1.807, 2.05) is 47.7 Å². The number of carbonyl (C=O) groups is 2. The highest BCUT2D eigenvalue weighted by Crippen LogP contribution is 2.27. The number of anilines is 2. The first-order chi connectivity index (χ1) is 13.6. The highest BCUT2D eigenvalue weighted by Gasteiger charge is 2.37. The van der Waals surface area contributed by atoms with Crippen LogP contribution in [0, 0.1) is 6.92 Å². The van der Waals surface area contributed by atoms with Crippen molar-refractivity contribution in [3.63, 3.8) is 0 Å². The molecular weight excluding hydrogens is 354 g/mol. The predicted molar refractivity (Wildman–Crippen MR) is 108 cm³/mol. The molecule has 2 aromatic rings. The van der Waals surface area contributed by atoms with E-state index in [-0.39, 0.29) is 11.8 Å². The molecular formula is C21H27N5O2. The zero-order valence-electron chi connectivity index (χ0n) is 16.5. The molecule has 2 amide bonds. The van der Waals surface area contributed by atoms with Gasteiger partial charge in [0.15, 0.2) is 0 Å². The molecule has 7 nitrogen and oxygen atoms in total. The number of piperazine rings is 1. The summed E-state index contributed by atoms with van der Waals surface area (Å²) in [7, 11) is 0. The minimum atomic E-state index is -0.467. The summed E-state index contributed by atoms with van der Waals surface area (Å²) in [6.07, 6.45) is 0.980. The van der Waals surface area contributed by atoms with E-state index in [0.29, 0.717) is 32.5 Å². The quantitative estimate of drug-likeness (QED) is 0.813. The van der Waals surface area contributed by atoms with E-state index in [1.165, 1.54) is 5.69 Å². The van der Waals surface area contributed by atoms with Crippen molar-refractivity contribution in [3.8, 4) is 0 Å². The Labute approximate surface area is 165 Å². The monoisotopic (exact) mass is 381 g/mol. The van der Waals surface area contributed by atoms with Crippen LogP contribution in [0.2, 0.25) is 0 Å². The maximum atomic E-state index is 13.3. The van der Waals surface area contributed by atoms with E-state index in [4.69, 9.17) is 0 Å². The van der Waals surface area contributed by atoms with Crippen molar-refractivity contribution in [2.75, 3.05) is 36.0 Å². The first-order valence-electron chi connectivity index (χ1n) is 10.0. The van der Waals surface area contributed by atoms with Gasteiger partial charge in [0, 0.05) is 44.4 Å².